The van der Waals surface area contributed by atoms with Crippen molar-refractivity contribution in [2.24, 2.45) is 0 Å². The molecule has 0 rings (SSSR count). The van der Waals surface area contributed by atoms with Crippen LogP contribution in [0.3, 0.4) is 0 Å². The SMILES string of the molecule is FC(F)(F)C(F)(F)C(F)(F)C(F)(F)C(F)(F)C(F)(F)C(F)(F)CI. The molecule has 0 unspecified atom stereocenters. The Kier molecular flexibility index (Phi) is 5.77. The Balaban J connectivity index is 6.42. The Morgan fingerprint density at radius 1 is 0.417 bits per heavy atom. The zero-order chi connectivity index (χ0) is 20.2. The number of hydrogen-bond acceptors (Lipinski definition) is 0. The van der Waals surface area contributed by atoms with Crippen LogP contribution in [0.25, 0.3) is 0 Å². The molecule has 0 heterocycles. The molecular formula is C8H2F15I. The van der Waals surface area contributed by atoms with Crippen molar-refractivity contribution in [1.82, 2.24) is 0 Å². The second-order valence-electron chi connectivity index (χ2n) is 4.21. The Bertz CT molecular complexity index is 461. The fourth-order valence-corrected chi connectivity index (χ4v) is 1.56. The summed E-state index contributed by atoms with van der Waals surface area (Å²) in [6.07, 6.45) is -7.57. The van der Waals surface area contributed by atoms with E-state index in [0.29, 0.717) is 0 Å². The van der Waals surface area contributed by atoms with E-state index in [1.165, 1.54) is 0 Å². The van der Waals surface area contributed by atoms with Crippen molar-refractivity contribution >= 4 is 22.6 Å². The van der Waals surface area contributed by atoms with E-state index in [0.717, 1.165) is 0 Å². The van der Waals surface area contributed by atoms with Crippen LogP contribution in [0.1, 0.15) is 0 Å². The number of alkyl halides is 16. The summed E-state index contributed by atoms with van der Waals surface area (Å²) >= 11 is 0.250. The second-order valence-corrected chi connectivity index (χ2v) is 4.97. The average Bonchev–Trinajstić information content (AvgIpc) is 2.36. The third-order valence-corrected chi connectivity index (χ3v) is 3.52. The van der Waals surface area contributed by atoms with Crippen LogP contribution in [-0.4, -0.2) is 46.1 Å². The van der Waals surface area contributed by atoms with Gasteiger partial charge in [-0.3, -0.25) is 0 Å². The molecule has 0 saturated heterocycles. The molecule has 0 atom stereocenters. The first kappa shape index (κ1) is 23.7. The first-order chi connectivity index (χ1) is 10.1. The van der Waals surface area contributed by atoms with Crippen molar-refractivity contribution < 1.29 is 65.9 Å². The van der Waals surface area contributed by atoms with Crippen LogP contribution in [0.2, 0.25) is 0 Å². The van der Waals surface area contributed by atoms with Gasteiger partial charge < -0.3 is 0 Å². The predicted molar refractivity (Wildman–Crippen MR) is 54.6 cm³/mol. The highest BCUT2D eigenvalue weighted by molar-refractivity contribution is 14.1. The van der Waals surface area contributed by atoms with Crippen LogP contribution >= 0.6 is 22.6 Å². The highest BCUT2D eigenvalue weighted by atomic mass is 127. The van der Waals surface area contributed by atoms with E-state index in [1.807, 2.05) is 0 Å². The Morgan fingerprint density at radius 3 is 0.917 bits per heavy atom. The quantitative estimate of drug-likeness (QED) is 0.241. The summed E-state index contributed by atoms with van der Waals surface area (Å²) in [6.45, 7) is 0. The molecule has 0 aliphatic carbocycles. The molecule has 0 aromatic rings. The molecule has 0 aromatic heterocycles. The van der Waals surface area contributed by atoms with Crippen LogP contribution in [-0.2, 0) is 0 Å². The Morgan fingerprint density at radius 2 is 0.667 bits per heavy atom. The van der Waals surface area contributed by atoms with Crippen molar-refractivity contribution in [1.29, 1.82) is 0 Å². The van der Waals surface area contributed by atoms with Gasteiger partial charge in [0.2, 0.25) is 0 Å². The minimum Gasteiger partial charge on any atom is -0.199 e. The van der Waals surface area contributed by atoms with Gasteiger partial charge in [-0.05, 0) is 0 Å². The maximum Gasteiger partial charge on any atom is 0.460 e. The zero-order valence-electron chi connectivity index (χ0n) is 10.3. The van der Waals surface area contributed by atoms with Gasteiger partial charge >= 0.3 is 41.7 Å². The molecule has 0 N–H and O–H groups in total. The summed E-state index contributed by atoms with van der Waals surface area (Å²) < 4.78 is 185. The maximum absolute atomic E-state index is 12.9. The standard InChI is InChI=1S/C8H2F15I/c9-2(10,1-24)3(11,12)4(13,14)5(15,16)6(17,18)7(19,20)8(21,22)23/h1H2. The summed E-state index contributed by atoms with van der Waals surface area (Å²) in [5, 5.41) is 0. The third-order valence-electron chi connectivity index (χ3n) is 2.56. The second kappa shape index (κ2) is 5.85. The van der Waals surface area contributed by atoms with Crippen molar-refractivity contribution in [3.63, 3.8) is 0 Å². The van der Waals surface area contributed by atoms with E-state index in [2.05, 4.69) is 0 Å². The van der Waals surface area contributed by atoms with Crippen LogP contribution in [0, 0.1) is 0 Å². The molecule has 0 aliphatic rings. The van der Waals surface area contributed by atoms with E-state index >= 15 is 0 Å². The van der Waals surface area contributed by atoms with Gasteiger partial charge in [-0.2, -0.15) is 65.9 Å². The van der Waals surface area contributed by atoms with Crippen LogP contribution in [0.4, 0.5) is 65.9 Å². The average molecular weight is 510 g/mol. The van der Waals surface area contributed by atoms with Gasteiger partial charge in [0, 0.05) is 0 Å². The molecule has 0 aliphatic heterocycles. The van der Waals surface area contributed by atoms with E-state index in [1.54, 1.807) is 0 Å². The van der Waals surface area contributed by atoms with Crippen LogP contribution in [0.5, 0.6) is 0 Å². The van der Waals surface area contributed by atoms with E-state index in [9.17, 15) is 65.9 Å². The zero-order valence-corrected chi connectivity index (χ0v) is 12.4. The van der Waals surface area contributed by atoms with Gasteiger partial charge in [0.25, 0.3) is 0 Å². The molecule has 0 aromatic carbocycles. The maximum atomic E-state index is 12.9. The topological polar surface area (TPSA) is 0 Å². The fourth-order valence-electron chi connectivity index (χ4n) is 1.08. The lowest BCUT2D eigenvalue weighted by molar-refractivity contribution is -0.450. The summed E-state index contributed by atoms with van der Waals surface area (Å²) in [6, 6.07) is 0. The number of hydrogen-bond donors (Lipinski definition) is 0. The molecule has 0 nitrogen and oxygen atoms in total. The fraction of sp³-hybridized carbons (Fsp3) is 1.00. The summed E-state index contributed by atoms with van der Waals surface area (Å²) in [5.41, 5.74) is 0. The van der Waals surface area contributed by atoms with E-state index in [-0.39, 0.29) is 22.6 Å². The van der Waals surface area contributed by atoms with E-state index < -0.39 is 46.1 Å². The molecule has 146 valence electrons. The lowest BCUT2D eigenvalue weighted by Crippen LogP contribution is -2.72. The lowest BCUT2D eigenvalue weighted by Gasteiger charge is -2.41. The molecular weight excluding hydrogens is 508 g/mol. The molecule has 0 amide bonds. The van der Waals surface area contributed by atoms with Crippen LogP contribution < -0.4 is 0 Å². The van der Waals surface area contributed by atoms with Crippen molar-refractivity contribution in [3.05, 3.63) is 0 Å². The predicted octanol–water partition coefficient (Wildman–Crippen LogP) is 5.80. The smallest absolute Gasteiger partial charge is 0.199 e. The van der Waals surface area contributed by atoms with Crippen molar-refractivity contribution in [3.8, 4) is 0 Å². The molecule has 16 heteroatoms. The Labute approximate surface area is 135 Å². The van der Waals surface area contributed by atoms with Crippen molar-refractivity contribution in [2.45, 2.75) is 41.7 Å². The molecule has 0 spiro atoms. The van der Waals surface area contributed by atoms with Gasteiger partial charge in [-0.15, -0.1) is 0 Å². The lowest BCUT2D eigenvalue weighted by atomic mass is 9.91. The molecule has 0 fully saturated rings. The number of rotatable bonds is 6. The van der Waals surface area contributed by atoms with Gasteiger partial charge in [0.1, 0.15) is 0 Å². The largest absolute Gasteiger partial charge is 0.460 e. The minimum absolute atomic E-state index is 0.250. The van der Waals surface area contributed by atoms with E-state index in [4.69, 9.17) is 0 Å². The highest BCUT2D eigenvalue weighted by Gasteiger charge is 2.93. The number of halogens is 16. The van der Waals surface area contributed by atoms with Gasteiger partial charge in [-0.25, -0.2) is 0 Å². The van der Waals surface area contributed by atoms with Gasteiger partial charge in [0.05, 0.1) is 4.43 Å². The van der Waals surface area contributed by atoms with Crippen molar-refractivity contribution in [2.75, 3.05) is 4.43 Å². The molecule has 0 radical (unpaired) electrons. The normalized spacial score (nSPS) is 16.5. The summed E-state index contributed by atoms with van der Waals surface area (Å²) in [5.74, 6) is -45.8. The first-order valence-corrected chi connectivity index (χ1v) is 6.48. The third kappa shape index (κ3) is 2.89. The molecule has 0 saturated carbocycles. The summed E-state index contributed by atoms with van der Waals surface area (Å²) in [4.78, 5) is 0. The Hall–Kier alpha value is -0.320. The minimum atomic E-state index is -8.20. The molecule has 24 heavy (non-hydrogen) atoms. The van der Waals surface area contributed by atoms with Gasteiger partial charge in [-0.1, -0.05) is 22.6 Å². The summed E-state index contributed by atoms with van der Waals surface area (Å²) in [7, 11) is 0. The molecule has 0 bridgehead atoms. The van der Waals surface area contributed by atoms with Crippen LogP contribution in [0.15, 0.2) is 0 Å². The van der Waals surface area contributed by atoms with Gasteiger partial charge in [0.15, 0.2) is 0 Å². The monoisotopic (exact) mass is 510 g/mol. The highest BCUT2D eigenvalue weighted by Crippen LogP contribution is 2.62. The first-order valence-electron chi connectivity index (χ1n) is 4.96.